The molecule has 1 N–H and O–H groups in total. The van der Waals surface area contributed by atoms with E-state index in [-0.39, 0.29) is 5.56 Å². The van der Waals surface area contributed by atoms with Gasteiger partial charge < -0.3 is 9.88 Å². The Bertz CT molecular complexity index is 647. The van der Waals surface area contributed by atoms with Crippen molar-refractivity contribution in [2.45, 2.75) is 26.3 Å². The molecular formula is C17H21ClN2O. The van der Waals surface area contributed by atoms with E-state index in [0.29, 0.717) is 11.6 Å². The Morgan fingerprint density at radius 2 is 1.86 bits per heavy atom. The molecule has 0 amide bonds. The first-order valence-corrected chi connectivity index (χ1v) is 7.67. The number of benzene rings is 1. The molecule has 3 nitrogen and oxygen atoms in total. The average molecular weight is 305 g/mol. The lowest BCUT2D eigenvalue weighted by molar-refractivity contribution is 0.634. The molecule has 2 aromatic rings. The Kier molecular flexibility index (Phi) is 5.59. The molecule has 0 bridgehead atoms. The molecule has 0 aliphatic carbocycles. The molecule has 112 valence electrons. The van der Waals surface area contributed by atoms with Crippen LogP contribution in [0.3, 0.4) is 0 Å². The molecule has 0 aliphatic heterocycles. The van der Waals surface area contributed by atoms with Crippen molar-refractivity contribution in [3.63, 3.8) is 0 Å². The Morgan fingerprint density at radius 1 is 1.14 bits per heavy atom. The summed E-state index contributed by atoms with van der Waals surface area (Å²) in [6.07, 6.45) is 2.28. The van der Waals surface area contributed by atoms with Gasteiger partial charge in [0.05, 0.1) is 5.69 Å². The van der Waals surface area contributed by atoms with Crippen LogP contribution in [0.2, 0.25) is 5.02 Å². The van der Waals surface area contributed by atoms with Gasteiger partial charge >= 0.3 is 0 Å². The van der Waals surface area contributed by atoms with Gasteiger partial charge in [-0.05, 0) is 36.7 Å². The molecule has 0 fully saturated rings. The van der Waals surface area contributed by atoms with Crippen LogP contribution < -0.4 is 10.9 Å². The van der Waals surface area contributed by atoms with Crippen LogP contribution in [-0.4, -0.2) is 11.1 Å². The average Bonchev–Trinajstić information content (AvgIpc) is 2.49. The van der Waals surface area contributed by atoms with Gasteiger partial charge in [0.25, 0.3) is 5.56 Å². The second-order valence-electron chi connectivity index (χ2n) is 5.15. The van der Waals surface area contributed by atoms with Gasteiger partial charge in [-0.2, -0.15) is 0 Å². The maximum absolute atomic E-state index is 12.4. The summed E-state index contributed by atoms with van der Waals surface area (Å²) < 4.78 is 1.69. The zero-order valence-electron chi connectivity index (χ0n) is 12.5. The molecule has 21 heavy (non-hydrogen) atoms. The third-order valence-corrected chi connectivity index (χ3v) is 3.80. The molecule has 1 heterocycles. The van der Waals surface area contributed by atoms with Crippen molar-refractivity contribution in [1.82, 2.24) is 9.88 Å². The smallest absolute Gasteiger partial charge is 0.255 e. The lowest BCUT2D eigenvalue weighted by Gasteiger charge is -2.11. The minimum atomic E-state index is 0.0476. The van der Waals surface area contributed by atoms with Crippen molar-refractivity contribution < 1.29 is 0 Å². The monoisotopic (exact) mass is 304 g/mol. The minimum absolute atomic E-state index is 0.0476. The molecule has 0 aliphatic rings. The SMILES string of the molecule is CCCCNCc1ccc(-c2ccc(Cl)cc2)n(C)c1=O. The van der Waals surface area contributed by atoms with Crippen LogP contribution >= 0.6 is 11.6 Å². The number of pyridine rings is 1. The van der Waals surface area contributed by atoms with E-state index in [1.165, 1.54) is 0 Å². The summed E-state index contributed by atoms with van der Waals surface area (Å²) in [5.74, 6) is 0. The molecular weight excluding hydrogens is 284 g/mol. The lowest BCUT2D eigenvalue weighted by Crippen LogP contribution is -2.26. The number of halogens is 1. The third-order valence-electron chi connectivity index (χ3n) is 3.55. The Hall–Kier alpha value is -1.58. The van der Waals surface area contributed by atoms with Gasteiger partial charge in [0.2, 0.25) is 0 Å². The van der Waals surface area contributed by atoms with E-state index in [1.807, 2.05) is 43.4 Å². The molecule has 0 unspecified atom stereocenters. The van der Waals surface area contributed by atoms with Crippen molar-refractivity contribution in [2.24, 2.45) is 7.05 Å². The predicted molar refractivity (Wildman–Crippen MR) is 88.7 cm³/mol. The fourth-order valence-electron chi connectivity index (χ4n) is 2.26. The van der Waals surface area contributed by atoms with Gasteiger partial charge in [-0.3, -0.25) is 4.79 Å². The zero-order valence-corrected chi connectivity index (χ0v) is 13.3. The second kappa shape index (κ2) is 7.43. The molecule has 0 radical (unpaired) electrons. The second-order valence-corrected chi connectivity index (χ2v) is 5.58. The van der Waals surface area contributed by atoms with Crippen LogP contribution in [0.1, 0.15) is 25.3 Å². The highest BCUT2D eigenvalue weighted by molar-refractivity contribution is 6.30. The largest absolute Gasteiger partial charge is 0.312 e. The van der Waals surface area contributed by atoms with Crippen molar-refractivity contribution in [3.8, 4) is 11.3 Å². The molecule has 1 aromatic heterocycles. The first-order valence-electron chi connectivity index (χ1n) is 7.29. The number of nitrogens with zero attached hydrogens (tertiary/aromatic N) is 1. The van der Waals surface area contributed by atoms with Crippen molar-refractivity contribution >= 4 is 11.6 Å². The highest BCUT2D eigenvalue weighted by atomic mass is 35.5. The lowest BCUT2D eigenvalue weighted by atomic mass is 10.1. The van der Waals surface area contributed by atoms with Gasteiger partial charge in [-0.1, -0.05) is 43.1 Å². The number of aromatic nitrogens is 1. The van der Waals surface area contributed by atoms with Crippen LogP contribution in [0, 0.1) is 0 Å². The summed E-state index contributed by atoms with van der Waals surface area (Å²) in [4.78, 5) is 12.4. The van der Waals surface area contributed by atoms with E-state index >= 15 is 0 Å². The molecule has 0 atom stereocenters. The first-order chi connectivity index (χ1) is 10.1. The van der Waals surface area contributed by atoms with Crippen LogP contribution in [0.4, 0.5) is 0 Å². The van der Waals surface area contributed by atoms with E-state index in [9.17, 15) is 4.79 Å². The Morgan fingerprint density at radius 3 is 2.52 bits per heavy atom. The van der Waals surface area contributed by atoms with Crippen LogP contribution in [0.5, 0.6) is 0 Å². The molecule has 2 rings (SSSR count). The van der Waals surface area contributed by atoms with Crippen LogP contribution in [0.25, 0.3) is 11.3 Å². The van der Waals surface area contributed by atoms with Crippen LogP contribution in [-0.2, 0) is 13.6 Å². The van der Waals surface area contributed by atoms with Crippen LogP contribution in [0.15, 0.2) is 41.2 Å². The Balaban J connectivity index is 2.21. The van der Waals surface area contributed by atoms with Gasteiger partial charge in [0.15, 0.2) is 0 Å². The maximum Gasteiger partial charge on any atom is 0.255 e. The van der Waals surface area contributed by atoms with Crippen molar-refractivity contribution in [2.75, 3.05) is 6.54 Å². The van der Waals surface area contributed by atoms with E-state index in [4.69, 9.17) is 11.6 Å². The predicted octanol–water partition coefficient (Wildman–Crippen LogP) is 3.60. The number of hydrogen-bond donors (Lipinski definition) is 1. The van der Waals surface area contributed by atoms with Crippen molar-refractivity contribution in [3.05, 3.63) is 57.3 Å². The molecule has 1 aromatic carbocycles. The number of rotatable bonds is 6. The summed E-state index contributed by atoms with van der Waals surface area (Å²) in [6.45, 7) is 3.72. The normalized spacial score (nSPS) is 10.8. The van der Waals surface area contributed by atoms with Gasteiger partial charge in [0.1, 0.15) is 0 Å². The fourth-order valence-corrected chi connectivity index (χ4v) is 2.38. The van der Waals surface area contributed by atoms with E-state index in [2.05, 4.69) is 12.2 Å². The highest BCUT2D eigenvalue weighted by Gasteiger charge is 2.07. The van der Waals surface area contributed by atoms with Crippen molar-refractivity contribution in [1.29, 1.82) is 0 Å². The number of nitrogens with one attached hydrogen (secondary N) is 1. The number of unbranched alkanes of at least 4 members (excludes halogenated alkanes) is 1. The first kappa shape index (κ1) is 15.8. The van der Waals surface area contributed by atoms with Gasteiger partial charge in [-0.25, -0.2) is 0 Å². The summed E-state index contributed by atoms with van der Waals surface area (Å²) >= 11 is 5.90. The summed E-state index contributed by atoms with van der Waals surface area (Å²) in [6, 6.07) is 11.4. The summed E-state index contributed by atoms with van der Waals surface area (Å²) in [7, 11) is 1.81. The van der Waals surface area contributed by atoms with Gasteiger partial charge in [0, 0.05) is 24.2 Å². The fraction of sp³-hybridized carbons (Fsp3) is 0.353. The van der Waals surface area contributed by atoms with E-state index in [1.54, 1.807) is 4.57 Å². The Labute approximate surface area is 130 Å². The summed E-state index contributed by atoms with van der Waals surface area (Å²) in [5.41, 5.74) is 2.73. The van der Waals surface area contributed by atoms with E-state index in [0.717, 1.165) is 36.2 Å². The maximum atomic E-state index is 12.4. The standard InChI is InChI=1S/C17H21ClN2O/c1-3-4-11-19-12-14-7-10-16(20(2)17(14)21)13-5-8-15(18)9-6-13/h5-10,19H,3-4,11-12H2,1-2H3. The highest BCUT2D eigenvalue weighted by Crippen LogP contribution is 2.20. The quantitative estimate of drug-likeness (QED) is 0.828. The van der Waals surface area contributed by atoms with Gasteiger partial charge in [-0.15, -0.1) is 0 Å². The third kappa shape index (κ3) is 3.96. The molecule has 0 spiro atoms. The molecule has 0 saturated carbocycles. The molecule has 0 saturated heterocycles. The zero-order chi connectivity index (χ0) is 15.2. The summed E-state index contributed by atoms with van der Waals surface area (Å²) in [5, 5.41) is 4.00. The number of hydrogen-bond acceptors (Lipinski definition) is 2. The van der Waals surface area contributed by atoms with E-state index < -0.39 is 0 Å². The minimum Gasteiger partial charge on any atom is -0.312 e. The topological polar surface area (TPSA) is 34.0 Å². The molecule has 4 heteroatoms.